The second-order valence-corrected chi connectivity index (χ2v) is 8.71. The van der Waals surface area contributed by atoms with Crippen molar-refractivity contribution in [2.45, 2.75) is 13.8 Å². The maximum atomic E-state index is 12.7. The van der Waals surface area contributed by atoms with E-state index in [1.165, 1.54) is 9.21 Å². The van der Waals surface area contributed by atoms with Crippen LogP contribution in [0.15, 0.2) is 10.5 Å². The Morgan fingerprint density at radius 3 is 2.42 bits per heavy atom. The van der Waals surface area contributed by atoms with E-state index in [1.807, 2.05) is 0 Å². The summed E-state index contributed by atoms with van der Waals surface area (Å²) in [6.45, 7) is 3.68. The number of nitrogens with zero attached hydrogens (tertiary/aromatic N) is 2. The first-order chi connectivity index (χ1) is 11.0. The number of rotatable bonds is 3. The van der Waals surface area contributed by atoms with E-state index in [0.717, 1.165) is 6.26 Å². The van der Waals surface area contributed by atoms with Crippen LogP contribution in [-0.4, -0.2) is 67.0 Å². The Morgan fingerprint density at radius 2 is 1.96 bits per heavy atom. The fraction of sp³-hybridized carbons (Fsp3) is 0.600. The lowest BCUT2D eigenvalue weighted by molar-refractivity contribution is -0.148. The zero-order valence-corrected chi connectivity index (χ0v) is 14.6. The number of hydrogen-bond donors (Lipinski definition) is 1. The molecule has 0 aromatic carbocycles. The fourth-order valence-electron chi connectivity index (χ4n) is 3.74. The SMILES string of the molecule is Cc1cc(C(=O)N2C[C@H]3CN(S(C)(=O)=O)C[C@@]3(C(=O)O)C2)c(C)o1. The molecular formula is C15H20N2O6S. The van der Waals surface area contributed by atoms with E-state index in [9.17, 15) is 23.1 Å². The topological polar surface area (TPSA) is 108 Å². The van der Waals surface area contributed by atoms with Gasteiger partial charge in [0.25, 0.3) is 5.91 Å². The number of likely N-dealkylation sites (tertiary alicyclic amines) is 1. The number of furan rings is 1. The number of carboxylic acid groups (broad SMARTS) is 1. The normalized spacial score (nSPS) is 27.5. The number of sulfonamides is 1. The third-order valence-corrected chi connectivity index (χ3v) is 6.25. The molecule has 9 heteroatoms. The Balaban J connectivity index is 1.87. The van der Waals surface area contributed by atoms with Gasteiger partial charge in [-0.15, -0.1) is 0 Å². The van der Waals surface area contributed by atoms with E-state index in [0.29, 0.717) is 17.1 Å². The van der Waals surface area contributed by atoms with Gasteiger partial charge in [0.1, 0.15) is 16.9 Å². The standard InChI is InChI=1S/C15H20N2O6S/c1-9-4-12(10(2)23-9)13(18)16-5-11-6-17(24(3,21)22)8-15(11,7-16)14(19)20/h4,11H,5-8H2,1-3H3,(H,19,20)/t11-,15-/m0/s1. The lowest BCUT2D eigenvalue weighted by Gasteiger charge is -2.24. The third-order valence-electron chi connectivity index (χ3n) is 5.03. The summed E-state index contributed by atoms with van der Waals surface area (Å²) in [5, 5.41) is 9.71. The first-order valence-electron chi connectivity index (χ1n) is 7.59. The molecule has 2 saturated heterocycles. The molecule has 0 unspecified atom stereocenters. The molecule has 2 fully saturated rings. The van der Waals surface area contributed by atoms with E-state index < -0.39 is 27.3 Å². The Kier molecular flexibility index (Phi) is 3.76. The predicted molar refractivity (Wildman–Crippen MR) is 84.1 cm³/mol. The molecule has 0 bridgehead atoms. The minimum absolute atomic E-state index is 0.00151. The lowest BCUT2D eigenvalue weighted by atomic mass is 9.81. The maximum absolute atomic E-state index is 12.7. The highest BCUT2D eigenvalue weighted by Gasteiger charge is 2.60. The zero-order chi connectivity index (χ0) is 17.9. The highest BCUT2D eigenvalue weighted by molar-refractivity contribution is 7.88. The van der Waals surface area contributed by atoms with Crippen molar-refractivity contribution < 1.29 is 27.5 Å². The monoisotopic (exact) mass is 356 g/mol. The lowest BCUT2D eigenvalue weighted by Crippen LogP contribution is -2.42. The summed E-state index contributed by atoms with van der Waals surface area (Å²) in [5.74, 6) is -0.635. The summed E-state index contributed by atoms with van der Waals surface area (Å²) in [6, 6.07) is 1.64. The number of carboxylic acids is 1. The van der Waals surface area contributed by atoms with Crippen LogP contribution in [0.3, 0.4) is 0 Å². The van der Waals surface area contributed by atoms with Crippen molar-refractivity contribution in [3.8, 4) is 0 Å². The molecule has 1 aromatic rings. The van der Waals surface area contributed by atoms with E-state index in [2.05, 4.69) is 0 Å². The molecule has 1 aromatic heterocycles. The molecule has 3 heterocycles. The molecule has 3 rings (SSSR count). The van der Waals surface area contributed by atoms with Gasteiger partial charge in [-0.2, -0.15) is 0 Å². The molecule has 0 spiro atoms. The van der Waals surface area contributed by atoms with Crippen LogP contribution in [0.1, 0.15) is 21.9 Å². The maximum Gasteiger partial charge on any atom is 0.313 e. The number of aliphatic carboxylic acids is 1. The van der Waals surface area contributed by atoms with Gasteiger partial charge in [0.05, 0.1) is 11.8 Å². The second kappa shape index (κ2) is 5.32. The number of fused-ring (bicyclic) bond motifs is 1. The minimum atomic E-state index is -3.46. The van der Waals surface area contributed by atoms with Crippen LogP contribution in [0, 0.1) is 25.2 Å². The highest BCUT2D eigenvalue weighted by atomic mass is 32.2. The number of hydrogen-bond acceptors (Lipinski definition) is 5. The molecule has 2 atom stereocenters. The third kappa shape index (κ3) is 2.51. The molecule has 2 aliphatic rings. The summed E-state index contributed by atoms with van der Waals surface area (Å²) in [5.41, 5.74) is -0.821. The number of carbonyl (C=O) groups is 2. The molecule has 24 heavy (non-hydrogen) atoms. The predicted octanol–water partition coefficient (Wildman–Crippen LogP) is 0.315. The number of amides is 1. The molecule has 1 amide bonds. The van der Waals surface area contributed by atoms with Crippen LogP contribution in [0.5, 0.6) is 0 Å². The van der Waals surface area contributed by atoms with Gasteiger partial charge in [0, 0.05) is 32.1 Å². The van der Waals surface area contributed by atoms with Gasteiger partial charge < -0.3 is 14.4 Å². The quantitative estimate of drug-likeness (QED) is 0.835. The second-order valence-electron chi connectivity index (χ2n) is 6.73. The van der Waals surface area contributed by atoms with E-state index >= 15 is 0 Å². The van der Waals surface area contributed by atoms with Crippen molar-refractivity contribution in [3.05, 3.63) is 23.2 Å². The van der Waals surface area contributed by atoms with Crippen molar-refractivity contribution in [1.82, 2.24) is 9.21 Å². The van der Waals surface area contributed by atoms with Gasteiger partial charge in [-0.05, 0) is 19.9 Å². The van der Waals surface area contributed by atoms with Gasteiger partial charge in [0.15, 0.2) is 0 Å². The van der Waals surface area contributed by atoms with Crippen molar-refractivity contribution >= 4 is 21.9 Å². The van der Waals surface area contributed by atoms with Gasteiger partial charge >= 0.3 is 5.97 Å². The summed E-state index contributed by atoms with van der Waals surface area (Å²) in [7, 11) is -3.46. The highest BCUT2D eigenvalue weighted by Crippen LogP contribution is 2.44. The molecule has 1 N–H and O–H groups in total. The van der Waals surface area contributed by atoms with Crippen molar-refractivity contribution in [1.29, 1.82) is 0 Å². The van der Waals surface area contributed by atoms with Crippen molar-refractivity contribution in [3.63, 3.8) is 0 Å². The van der Waals surface area contributed by atoms with E-state index in [1.54, 1.807) is 19.9 Å². The van der Waals surface area contributed by atoms with E-state index in [-0.39, 0.29) is 32.1 Å². The van der Waals surface area contributed by atoms with Gasteiger partial charge in [-0.1, -0.05) is 0 Å². The Hall–Kier alpha value is -1.87. The van der Waals surface area contributed by atoms with Crippen LogP contribution in [0.2, 0.25) is 0 Å². The van der Waals surface area contributed by atoms with Gasteiger partial charge in [0.2, 0.25) is 10.0 Å². The Bertz CT molecular complexity index is 814. The molecule has 8 nitrogen and oxygen atoms in total. The summed E-state index contributed by atoms with van der Waals surface area (Å²) < 4.78 is 30.1. The van der Waals surface area contributed by atoms with Crippen LogP contribution in [0.25, 0.3) is 0 Å². The zero-order valence-electron chi connectivity index (χ0n) is 13.8. The molecule has 132 valence electrons. The first kappa shape index (κ1) is 17.0. The van der Waals surface area contributed by atoms with Gasteiger partial charge in [-0.3, -0.25) is 9.59 Å². The van der Waals surface area contributed by atoms with Gasteiger partial charge in [-0.25, -0.2) is 12.7 Å². The van der Waals surface area contributed by atoms with Crippen LogP contribution in [0.4, 0.5) is 0 Å². The largest absolute Gasteiger partial charge is 0.481 e. The van der Waals surface area contributed by atoms with Crippen LogP contribution in [-0.2, 0) is 14.8 Å². The Labute approximate surface area is 140 Å². The molecule has 0 saturated carbocycles. The van der Waals surface area contributed by atoms with Crippen molar-refractivity contribution in [2.24, 2.45) is 11.3 Å². The number of carbonyl (C=O) groups excluding carboxylic acids is 1. The molecule has 2 aliphatic heterocycles. The summed E-state index contributed by atoms with van der Waals surface area (Å²) in [6.07, 6.45) is 1.07. The molecule has 0 aliphatic carbocycles. The summed E-state index contributed by atoms with van der Waals surface area (Å²) in [4.78, 5) is 26.1. The van der Waals surface area contributed by atoms with Crippen LogP contribution >= 0.6 is 0 Å². The summed E-state index contributed by atoms with van der Waals surface area (Å²) >= 11 is 0. The minimum Gasteiger partial charge on any atom is -0.481 e. The molecule has 0 radical (unpaired) electrons. The van der Waals surface area contributed by atoms with Crippen LogP contribution < -0.4 is 0 Å². The van der Waals surface area contributed by atoms with Crippen molar-refractivity contribution in [2.75, 3.05) is 32.4 Å². The van der Waals surface area contributed by atoms with E-state index in [4.69, 9.17) is 4.42 Å². The molecular weight excluding hydrogens is 336 g/mol. The fourth-order valence-corrected chi connectivity index (χ4v) is 4.66. The average Bonchev–Trinajstić information content (AvgIpc) is 3.07. The smallest absolute Gasteiger partial charge is 0.313 e. The first-order valence-corrected chi connectivity index (χ1v) is 9.44. The number of aryl methyl sites for hydroxylation is 2. The Morgan fingerprint density at radius 1 is 1.29 bits per heavy atom. The average molecular weight is 356 g/mol.